The number of hydrogen-bond donors (Lipinski definition) is 1. The molecule has 1 atom stereocenters. The fourth-order valence-electron chi connectivity index (χ4n) is 4.49. The van der Waals surface area contributed by atoms with Crippen LogP contribution in [-0.2, 0) is 0 Å². The first-order chi connectivity index (χ1) is 15.1. The Morgan fingerprint density at radius 2 is 1.91 bits per heavy atom. The summed E-state index contributed by atoms with van der Waals surface area (Å²) in [6, 6.07) is 1.80. The maximum absolute atomic E-state index is 13.7. The number of ether oxygens (including phenoxy) is 1. The molecule has 0 amide bonds. The van der Waals surface area contributed by atoms with Gasteiger partial charge in [0.25, 0.3) is 6.43 Å². The molecule has 0 bridgehead atoms. The molecule has 1 aromatic carbocycles. The van der Waals surface area contributed by atoms with Crippen LogP contribution in [0, 0.1) is 6.92 Å². The number of anilines is 1. The Kier molecular flexibility index (Phi) is 5.98. The Morgan fingerprint density at radius 3 is 2.50 bits per heavy atom. The van der Waals surface area contributed by atoms with E-state index in [4.69, 9.17) is 22.1 Å². The summed E-state index contributed by atoms with van der Waals surface area (Å²) in [7, 11) is 1.62. The van der Waals surface area contributed by atoms with Gasteiger partial charge in [0, 0.05) is 41.2 Å². The van der Waals surface area contributed by atoms with Gasteiger partial charge in [-0.1, -0.05) is 11.6 Å². The van der Waals surface area contributed by atoms with Crippen LogP contribution in [-0.4, -0.2) is 50.9 Å². The second-order valence-electron chi connectivity index (χ2n) is 8.53. The van der Waals surface area contributed by atoms with E-state index in [1.807, 2.05) is 19.9 Å². The van der Waals surface area contributed by atoms with Crippen LogP contribution in [0.4, 0.5) is 14.6 Å². The first kappa shape index (κ1) is 22.7. The Hall–Kier alpha value is -2.52. The van der Waals surface area contributed by atoms with Gasteiger partial charge in [-0.05, 0) is 39.3 Å². The zero-order valence-corrected chi connectivity index (χ0v) is 19.5. The Labute approximate surface area is 190 Å². The fourth-order valence-corrected chi connectivity index (χ4v) is 4.71. The number of alkyl halides is 2. The highest BCUT2D eigenvalue weighted by Crippen LogP contribution is 2.44. The second kappa shape index (κ2) is 8.44. The molecule has 3 heterocycles. The van der Waals surface area contributed by atoms with E-state index < -0.39 is 18.2 Å². The number of nitrogens with two attached hydrogens (primary N) is 1. The molecule has 1 aliphatic rings. The molecule has 32 heavy (non-hydrogen) atoms. The SMILES string of the molecule is COc1c(C(C)n2nc(C(F)F)c3c(N)ncnc32)cc(Cl)c(C)c1C1CN(C(C)C)C1. The zero-order valence-electron chi connectivity index (χ0n) is 18.7. The highest BCUT2D eigenvalue weighted by molar-refractivity contribution is 6.31. The minimum absolute atomic E-state index is 0.0263. The molecular formula is C22H27ClF2N6O. The number of aromatic nitrogens is 4. The molecule has 2 N–H and O–H groups in total. The highest BCUT2D eigenvalue weighted by Gasteiger charge is 2.35. The summed E-state index contributed by atoms with van der Waals surface area (Å²) in [6.45, 7) is 10.00. The molecule has 1 aliphatic heterocycles. The number of rotatable bonds is 6. The van der Waals surface area contributed by atoms with E-state index in [1.165, 1.54) is 11.0 Å². The summed E-state index contributed by atoms with van der Waals surface area (Å²) in [5.74, 6) is 0.958. The Morgan fingerprint density at radius 1 is 1.22 bits per heavy atom. The van der Waals surface area contributed by atoms with Crippen LogP contribution in [0.2, 0.25) is 5.02 Å². The van der Waals surface area contributed by atoms with Crippen molar-refractivity contribution in [2.75, 3.05) is 25.9 Å². The fraction of sp³-hybridized carbons (Fsp3) is 0.500. The summed E-state index contributed by atoms with van der Waals surface area (Å²) in [4.78, 5) is 10.4. The lowest BCUT2D eigenvalue weighted by Gasteiger charge is -2.43. The van der Waals surface area contributed by atoms with Gasteiger partial charge in [0.05, 0.1) is 18.5 Å². The van der Waals surface area contributed by atoms with Gasteiger partial charge in [-0.2, -0.15) is 5.10 Å². The number of nitrogens with zero attached hydrogens (tertiary/aromatic N) is 5. The molecule has 2 aromatic heterocycles. The standard InChI is InChI=1S/C22H27ClF2N6O/c1-10(2)30-7-13(8-30)16-11(3)15(23)6-14(19(16)32-5)12(4)31-22-17(18(29-31)20(24)25)21(26)27-9-28-22/h6,9-10,12-13,20H,7-8H2,1-5H3,(H2,26,27,28). The van der Waals surface area contributed by atoms with Gasteiger partial charge in [0.1, 0.15) is 23.6 Å². The van der Waals surface area contributed by atoms with Crippen LogP contribution in [0.1, 0.15) is 61.5 Å². The average Bonchev–Trinajstić information content (AvgIpc) is 3.10. The summed E-state index contributed by atoms with van der Waals surface area (Å²) in [5.41, 5.74) is 8.47. The summed E-state index contributed by atoms with van der Waals surface area (Å²) < 4.78 is 34.7. The molecule has 0 spiro atoms. The molecule has 1 unspecified atom stereocenters. The van der Waals surface area contributed by atoms with Crippen molar-refractivity contribution >= 4 is 28.5 Å². The van der Waals surface area contributed by atoms with Crippen molar-refractivity contribution in [2.24, 2.45) is 0 Å². The van der Waals surface area contributed by atoms with E-state index >= 15 is 0 Å². The van der Waals surface area contributed by atoms with Crippen molar-refractivity contribution in [3.05, 3.63) is 39.8 Å². The topological polar surface area (TPSA) is 82.1 Å². The normalized spacial score (nSPS) is 16.2. The third-order valence-electron chi connectivity index (χ3n) is 6.37. The van der Waals surface area contributed by atoms with Gasteiger partial charge in [-0.25, -0.2) is 23.4 Å². The molecule has 0 aliphatic carbocycles. The third-order valence-corrected chi connectivity index (χ3v) is 6.77. The van der Waals surface area contributed by atoms with Crippen LogP contribution in [0.3, 0.4) is 0 Å². The molecular weight excluding hydrogens is 438 g/mol. The number of methoxy groups -OCH3 is 1. The number of fused-ring (bicyclic) bond motifs is 1. The van der Waals surface area contributed by atoms with E-state index in [2.05, 4.69) is 33.8 Å². The second-order valence-corrected chi connectivity index (χ2v) is 8.94. The molecule has 0 saturated carbocycles. The van der Waals surface area contributed by atoms with E-state index in [0.717, 1.165) is 29.8 Å². The minimum Gasteiger partial charge on any atom is -0.496 e. The molecule has 7 nitrogen and oxygen atoms in total. The number of benzene rings is 1. The van der Waals surface area contributed by atoms with Gasteiger partial charge >= 0.3 is 0 Å². The Balaban J connectivity index is 1.85. The number of likely N-dealkylation sites (tertiary alicyclic amines) is 1. The molecule has 3 aromatic rings. The molecule has 172 valence electrons. The van der Waals surface area contributed by atoms with Gasteiger partial charge in [-0.15, -0.1) is 0 Å². The monoisotopic (exact) mass is 464 g/mol. The van der Waals surface area contributed by atoms with E-state index in [9.17, 15) is 8.78 Å². The lowest BCUT2D eigenvalue weighted by molar-refractivity contribution is 0.108. The van der Waals surface area contributed by atoms with Gasteiger partial charge < -0.3 is 10.5 Å². The number of nitrogen functional groups attached to an aromatic ring is 1. The average molecular weight is 465 g/mol. The smallest absolute Gasteiger partial charge is 0.282 e. The number of hydrogen-bond acceptors (Lipinski definition) is 6. The quantitative estimate of drug-likeness (QED) is 0.567. The van der Waals surface area contributed by atoms with Gasteiger partial charge in [0.2, 0.25) is 0 Å². The van der Waals surface area contributed by atoms with Gasteiger partial charge in [-0.3, -0.25) is 4.90 Å². The summed E-state index contributed by atoms with van der Waals surface area (Å²) >= 11 is 6.64. The summed E-state index contributed by atoms with van der Waals surface area (Å²) in [5, 5.41) is 4.84. The van der Waals surface area contributed by atoms with Crippen LogP contribution >= 0.6 is 11.6 Å². The van der Waals surface area contributed by atoms with Crippen molar-refractivity contribution in [3.63, 3.8) is 0 Å². The van der Waals surface area contributed by atoms with Crippen LogP contribution in [0.5, 0.6) is 5.75 Å². The first-order valence-electron chi connectivity index (χ1n) is 10.5. The lowest BCUT2D eigenvalue weighted by Crippen LogP contribution is -2.48. The molecule has 4 rings (SSSR count). The van der Waals surface area contributed by atoms with Crippen LogP contribution < -0.4 is 10.5 Å². The number of halogens is 3. The van der Waals surface area contributed by atoms with Gasteiger partial charge in [0.15, 0.2) is 5.65 Å². The predicted molar refractivity (Wildman–Crippen MR) is 121 cm³/mol. The minimum atomic E-state index is -2.81. The van der Waals surface area contributed by atoms with Crippen molar-refractivity contribution in [1.29, 1.82) is 0 Å². The first-order valence-corrected chi connectivity index (χ1v) is 10.9. The molecule has 1 saturated heterocycles. The molecule has 1 fully saturated rings. The van der Waals surface area contributed by atoms with Crippen LogP contribution in [0.15, 0.2) is 12.4 Å². The van der Waals surface area contributed by atoms with Crippen molar-refractivity contribution in [1.82, 2.24) is 24.6 Å². The van der Waals surface area contributed by atoms with E-state index in [0.29, 0.717) is 16.8 Å². The van der Waals surface area contributed by atoms with E-state index in [1.54, 1.807) is 7.11 Å². The molecule has 10 heteroatoms. The van der Waals surface area contributed by atoms with Crippen molar-refractivity contribution < 1.29 is 13.5 Å². The highest BCUT2D eigenvalue weighted by atomic mass is 35.5. The maximum Gasteiger partial charge on any atom is 0.282 e. The van der Waals surface area contributed by atoms with E-state index in [-0.39, 0.29) is 22.8 Å². The Bertz CT molecular complexity index is 1160. The lowest BCUT2D eigenvalue weighted by atomic mass is 9.84. The summed E-state index contributed by atoms with van der Waals surface area (Å²) in [6.07, 6.45) is -1.56. The van der Waals surface area contributed by atoms with Crippen LogP contribution in [0.25, 0.3) is 11.0 Å². The van der Waals surface area contributed by atoms with Crippen molar-refractivity contribution in [2.45, 2.75) is 52.1 Å². The largest absolute Gasteiger partial charge is 0.496 e. The zero-order chi connectivity index (χ0) is 23.3. The maximum atomic E-state index is 13.7. The predicted octanol–water partition coefficient (Wildman–Crippen LogP) is 4.73. The molecule has 0 radical (unpaired) electrons. The van der Waals surface area contributed by atoms with Crippen molar-refractivity contribution in [3.8, 4) is 5.75 Å². The third kappa shape index (κ3) is 3.57.